The molecule has 0 fully saturated rings. The van der Waals surface area contributed by atoms with Gasteiger partial charge in [0, 0.05) is 5.56 Å². The van der Waals surface area contributed by atoms with Gasteiger partial charge in [-0.25, -0.2) is 4.79 Å². The van der Waals surface area contributed by atoms with Gasteiger partial charge in [-0.1, -0.05) is 18.2 Å². The molecule has 0 aliphatic rings. The molecule has 0 saturated heterocycles. The molecule has 1 N–H and O–H groups in total. The van der Waals surface area contributed by atoms with Crippen LogP contribution in [0.15, 0.2) is 24.3 Å². The number of hydrogen-bond acceptors (Lipinski definition) is 3. The van der Waals surface area contributed by atoms with E-state index in [9.17, 15) is 14.4 Å². The van der Waals surface area contributed by atoms with Crippen molar-refractivity contribution in [2.24, 2.45) is 0 Å². The van der Waals surface area contributed by atoms with Crippen molar-refractivity contribution in [3.8, 4) is 0 Å². The first-order valence-electron chi connectivity index (χ1n) is 3.48. The number of carboxylic acids is 1. The zero-order chi connectivity index (χ0) is 9.84. The predicted molar refractivity (Wildman–Crippen MR) is 43.8 cm³/mol. The Labute approximate surface area is 73.8 Å². The molecule has 0 unspecified atom stereocenters. The Hall–Kier alpha value is -1.97. The Morgan fingerprint density at radius 3 is 2.15 bits per heavy atom. The van der Waals surface area contributed by atoms with E-state index in [1.54, 1.807) is 0 Å². The molecular weight excluding hydrogens is 172 g/mol. The number of carboxylic acid groups (broad SMARTS) is 1. The Morgan fingerprint density at radius 2 is 1.69 bits per heavy atom. The van der Waals surface area contributed by atoms with Crippen LogP contribution >= 0.6 is 0 Å². The van der Waals surface area contributed by atoms with E-state index in [1.165, 1.54) is 24.3 Å². The van der Waals surface area contributed by atoms with Crippen molar-refractivity contribution in [1.29, 1.82) is 0 Å². The van der Waals surface area contributed by atoms with Crippen LogP contribution in [-0.4, -0.2) is 23.1 Å². The van der Waals surface area contributed by atoms with Crippen LogP contribution in [0.4, 0.5) is 0 Å². The average molecular weight is 178 g/mol. The van der Waals surface area contributed by atoms with Crippen LogP contribution in [0.2, 0.25) is 0 Å². The van der Waals surface area contributed by atoms with E-state index in [-0.39, 0.29) is 17.4 Å². The quantitative estimate of drug-likeness (QED) is 0.421. The van der Waals surface area contributed by atoms with Crippen LogP contribution < -0.4 is 0 Å². The van der Waals surface area contributed by atoms with Crippen molar-refractivity contribution in [2.75, 3.05) is 0 Å². The summed E-state index contributed by atoms with van der Waals surface area (Å²) in [6.45, 7) is 0. The second-order valence-electron chi connectivity index (χ2n) is 2.33. The summed E-state index contributed by atoms with van der Waals surface area (Å²) < 4.78 is 0. The molecule has 0 aromatic heterocycles. The van der Waals surface area contributed by atoms with Crippen molar-refractivity contribution >= 4 is 18.0 Å². The van der Waals surface area contributed by atoms with E-state index >= 15 is 0 Å². The molecular formula is C9H6O4. The molecule has 1 aromatic rings. The number of carbonyl (C=O) groups is 3. The van der Waals surface area contributed by atoms with Crippen LogP contribution in [-0.2, 0) is 4.79 Å². The number of benzene rings is 1. The van der Waals surface area contributed by atoms with E-state index in [0.717, 1.165) is 0 Å². The largest absolute Gasteiger partial charge is 0.478 e. The monoisotopic (exact) mass is 178 g/mol. The molecule has 4 nitrogen and oxygen atoms in total. The van der Waals surface area contributed by atoms with Crippen LogP contribution in [0.1, 0.15) is 20.7 Å². The Morgan fingerprint density at radius 1 is 1.15 bits per heavy atom. The molecule has 1 rings (SSSR count). The predicted octanol–water partition coefficient (Wildman–Crippen LogP) is 0.766. The van der Waals surface area contributed by atoms with Gasteiger partial charge in [-0.05, 0) is 6.07 Å². The lowest BCUT2D eigenvalue weighted by Crippen LogP contribution is -2.08. The fourth-order valence-corrected chi connectivity index (χ4v) is 0.948. The number of carbonyl (C=O) groups excluding carboxylic acids is 2. The molecule has 0 atom stereocenters. The zero-order valence-corrected chi connectivity index (χ0v) is 6.56. The first-order chi connectivity index (χ1) is 6.16. The number of Topliss-reactive ketones (excluding diaryl/α,β-unsaturated/α-hetero) is 1. The summed E-state index contributed by atoms with van der Waals surface area (Å²) >= 11 is 0. The second-order valence-corrected chi connectivity index (χ2v) is 2.33. The van der Waals surface area contributed by atoms with Crippen molar-refractivity contribution in [2.45, 2.75) is 0 Å². The highest BCUT2D eigenvalue weighted by atomic mass is 16.4. The number of hydrogen-bond donors (Lipinski definition) is 1. The Balaban J connectivity index is 3.27. The zero-order valence-electron chi connectivity index (χ0n) is 6.56. The minimum Gasteiger partial charge on any atom is -0.478 e. The van der Waals surface area contributed by atoms with Crippen molar-refractivity contribution in [1.82, 2.24) is 0 Å². The van der Waals surface area contributed by atoms with Crippen LogP contribution in [0.5, 0.6) is 0 Å². The Bertz CT molecular complexity index is 368. The number of ketones is 1. The maximum absolute atomic E-state index is 10.9. The van der Waals surface area contributed by atoms with E-state index < -0.39 is 11.8 Å². The normalized spacial score (nSPS) is 9.23. The summed E-state index contributed by atoms with van der Waals surface area (Å²) in [4.78, 5) is 31.6. The summed E-state index contributed by atoms with van der Waals surface area (Å²) in [5, 5.41) is 8.64. The van der Waals surface area contributed by atoms with E-state index in [2.05, 4.69) is 0 Å². The van der Waals surface area contributed by atoms with Gasteiger partial charge in [-0.3, -0.25) is 9.59 Å². The maximum atomic E-state index is 10.9. The second kappa shape index (κ2) is 3.62. The molecule has 0 heterocycles. The lowest BCUT2D eigenvalue weighted by atomic mass is 10.0. The summed E-state index contributed by atoms with van der Waals surface area (Å²) in [6.07, 6.45) is 0.0990. The molecule has 0 aliphatic carbocycles. The molecule has 0 bridgehead atoms. The van der Waals surface area contributed by atoms with Gasteiger partial charge in [0.25, 0.3) is 0 Å². The molecule has 1 aromatic carbocycles. The van der Waals surface area contributed by atoms with Crippen molar-refractivity contribution in [3.63, 3.8) is 0 Å². The SMILES string of the molecule is O=CC(=O)c1ccccc1C(=O)O. The van der Waals surface area contributed by atoms with Gasteiger partial charge in [0.1, 0.15) is 0 Å². The van der Waals surface area contributed by atoms with Crippen LogP contribution in [0.25, 0.3) is 0 Å². The van der Waals surface area contributed by atoms with E-state index in [1.807, 2.05) is 0 Å². The summed E-state index contributed by atoms with van der Waals surface area (Å²) in [5.41, 5.74) is -0.232. The molecule has 0 spiro atoms. The standard InChI is InChI=1S/C9H6O4/c10-5-8(11)6-3-1-2-4-7(6)9(12)13/h1-5H,(H,12,13). The summed E-state index contributed by atoms with van der Waals surface area (Å²) in [5.74, 6) is -2.04. The van der Waals surface area contributed by atoms with Gasteiger partial charge in [-0.15, -0.1) is 0 Å². The number of aromatic carboxylic acids is 1. The lowest BCUT2D eigenvalue weighted by Gasteiger charge is -1.98. The first kappa shape index (κ1) is 9.12. The Kier molecular flexibility index (Phi) is 2.54. The van der Waals surface area contributed by atoms with Crippen LogP contribution in [0, 0.1) is 0 Å². The summed E-state index contributed by atoms with van der Waals surface area (Å²) in [7, 11) is 0. The van der Waals surface area contributed by atoms with Crippen molar-refractivity contribution in [3.05, 3.63) is 35.4 Å². The number of rotatable bonds is 3. The smallest absolute Gasteiger partial charge is 0.336 e. The van der Waals surface area contributed by atoms with Gasteiger partial charge in [0.2, 0.25) is 5.78 Å². The molecule has 66 valence electrons. The molecule has 13 heavy (non-hydrogen) atoms. The molecule has 0 saturated carbocycles. The fraction of sp³-hybridized carbons (Fsp3) is 0. The molecule has 4 heteroatoms. The van der Waals surface area contributed by atoms with Gasteiger partial charge in [0.05, 0.1) is 5.56 Å². The van der Waals surface area contributed by atoms with Gasteiger partial charge in [-0.2, -0.15) is 0 Å². The van der Waals surface area contributed by atoms with E-state index in [0.29, 0.717) is 0 Å². The molecule has 0 radical (unpaired) electrons. The third kappa shape index (κ3) is 1.79. The number of aldehydes is 1. The van der Waals surface area contributed by atoms with Crippen molar-refractivity contribution < 1.29 is 19.5 Å². The highest BCUT2D eigenvalue weighted by Crippen LogP contribution is 2.08. The topological polar surface area (TPSA) is 71.4 Å². The minimum absolute atomic E-state index is 0.0787. The van der Waals surface area contributed by atoms with Crippen LogP contribution in [0.3, 0.4) is 0 Å². The lowest BCUT2D eigenvalue weighted by molar-refractivity contribution is -0.104. The highest BCUT2D eigenvalue weighted by Gasteiger charge is 2.14. The third-order valence-corrected chi connectivity index (χ3v) is 1.53. The van der Waals surface area contributed by atoms with Gasteiger partial charge in [0.15, 0.2) is 6.29 Å². The summed E-state index contributed by atoms with van der Waals surface area (Å²) in [6, 6.07) is 5.58. The molecule has 0 aliphatic heterocycles. The van der Waals surface area contributed by atoms with Gasteiger partial charge >= 0.3 is 5.97 Å². The molecule has 0 amide bonds. The highest BCUT2D eigenvalue weighted by molar-refractivity contribution is 6.35. The maximum Gasteiger partial charge on any atom is 0.336 e. The van der Waals surface area contributed by atoms with Gasteiger partial charge < -0.3 is 5.11 Å². The first-order valence-corrected chi connectivity index (χ1v) is 3.48. The third-order valence-electron chi connectivity index (χ3n) is 1.53. The fourth-order valence-electron chi connectivity index (χ4n) is 0.948. The average Bonchev–Trinajstić information content (AvgIpc) is 2.16. The van der Waals surface area contributed by atoms with E-state index in [4.69, 9.17) is 5.11 Å². The minimum atomic E-state index is -1.22.